The van der Waals surface area contributed by atoms with Gasteiger partial charge < -0.3 is 4.84 Å². The summed E-state index contributed by atoms with van der Waals surface area (Å²) in [7, 11) is 0. The molecule has 0 radical (unpaired) electrons. The number of hydrogen-bond donors (Lipinski definition) is 2. The minimum Gasteiger partial charge on any atom is -0.322 e. The van der Waals surface area contributed by atoms with Gasteiger partial charge >= 0.3 is 23.0 Å². The smallest absolute Gasteiger partial charge is 0.322 e. The van der Waals surface area contributed by atoms with Crippen molar-refractivity contribution in [1.29, 1.82) is 0 Å². The highest BCUT2D eigenvalue weighted by Crippen LogP contribution is 1.85. The van der Waals surface area contributed by atoms with E-state index in [4.69, 9.17) is 0 Å². The summed E-state index contributed by atoms with van der Waals surface area (Å²) in [6.45, 7) is 4.59. The third kappa shape index (κ3) is 2.30. The molecule has 1 aromatic heterocycles. The van der Waals surface area contributed by atoms with Crippen LogP contribution in [0.3, 0.4) is 0 Å². The van der Waals surface area contributed by atoms with E-state index in [1.54, 1.807) is 9.97 Å². The number of rotatable bonds is 2. The van der Waals surface area contributed by atoms with E-state index in [9.17, 15) is 19.2 Å². The summed E-state index contributed by atoms with van der Waals surface area (Å²) in [4.78, 5) is 51.3. The van der Waals surface area contributed by atoms with Gasteiger partial charge in [-0.1, -0.05) is 11.3 Å². The van der Waals surface area contributed by atoms with Crippen molar-refractivity contribution in [2.45, 2.75) is 6.92 Å². The zero-order chi connectivity index (χ0) is 11.6. The molecule has 0 unspecified atom stereocenters. The second-order valence-electron chi connectivity index (χ2n) is 2.64. The summed E-state index contributed by atoms with van der Waals surface area (Å²) in [5.41, 5.74) is -3.25. The van der Waals surface area contributed by atoms with Crippen LogP contribution in [0, 0.1) is 0 Å². The van der Waals surface area contributed by atoms with Crippen LogP contribution in [0.2, 0.25) is 0 Å². The third-order valence-corrected chi connectivity index (χ3v) is 1.33. The summed E-state index contributed by atoms with van der Waals surface area (Å²) < 4.78 is 0.0956. The van der Waals surface area contributed by atoms with Gasteiger partial charge in [0.05, 0.1) is 0 Å². The van der Waals surface area contributed by atoms with E-state index < -0.39 is 23.0 Å². The summed E-state index contributed by atoms with van der Waals surface area (Å²) in [6.07, 6.45) is 0. The molecule has 0 aliphatic carbocycles. The largest absolute Gasteiger partial charge is 0.367 e. The van der Waals surface area contributed by atoms with Gasteiger partial charge in [0.25, 0.3) is 0 Å². The average Bonchev–Trinajstić information content (AvgIpc) is 2.10. The fourth-order valence-electron chi connectivity index (χ4n) is 0.663. The van der Waals surface area contributed by atoms with Gasteiger partial charge in [0.1, 0.15) is 0 Å². The molecule has 0 aliphatic heterocycles. The number of carbonyl (C=O) groups excluding carboxylic acids is 1. The van der Waals surface area contributed by atoms with Crippen molar-refractivity contribution in [3.8, 4) is 0 Å². The molecule has 0 atom stereocenters. The van der Waals surface area contributed by atoms with E-state index in [1.165, 1.54) is 6.92 Å². The highest BCUT2D eigenvalue weighted by molar-refractivity contribution is 5.87. The van der Waals surface area contributed by atoms with E-state index in [0.717, 1.165) is 0 Å². The van der Waals surface area contributed by atoms with Crippen LogP contribution in [0.5, 0.6) is 0 Å². The number of nitrogens with zero attached hydrogens (tertiary/aromatic N) is 1. The van der Waals surface area contributed by atoms with Crippen molar-refractivity contribution in [1.82, 2.24) is 14.7 Å². The normalized spacial score (nSPS) is 9.67. The fourth-order valence-corrected chi connectivity index (χ4v) is 0.663. The van der Waals surface area contributed by atoms with E-state index in [1.807, 2.05) is 0 Å². The number of H-pyrrole nitrogens is 2. The molecule has 0 amide bonds. The molecule has 15 heavy (non-hydrogen) atoms. The molecule has 0 fully saturated rings. The Morgan fingerprint density at radius 2 is 1.73 bits per heavy atom. The SMILES string of the molecule is C=C(C)C(=O)On1c(=O)[nH]c(=O)[nH]c1=O. The fraction of sp³-hybridized carbons (Fsp3) is 0.143. The van der Waals surface area contributed by atoms with Crippen LogP contribution >= 0.6 is 0 Å². The Morgan fingerprint density at radius 1 is 1.27 bits per heavy atom. The monoisotopic (exact) mass is 213 g/mol. The first kappa shape index (κ1) is 10.7. The van der Waals surface area contributed by atoms with Crippen molar-refractivity contribution in [2.75, 3.05) is 0 Å². The molecule has 0 saturated carbocycles. The lowest BCUT2D eigenvalue weighted by atomic mass is 10.4. The highest BCUT2D eigenvalue weighted by atomic mass is 16.7. The van der Waals surface area contributed by atoms with E-state index in [-0.39, 0.29) is 10.3 Å². The average molecular weight is 213 g/mol. The van der Waals surface area contributed by atoms with Gasteiger partial charge in [-0.15, -0.1) is 0 Å². The summed E-state index contributed by atoms with van der Waals surface area (Å²) >= 11 is 0. The summed E-state index contributed by atoms with van der Waals surface area (Å²) in [5.74, 6) is -0.949. The topological polar surface area (TPSA) is 114 Å². The maximum Gasteiger partial charge on any atom is 0.367 e. The maximum atomic E-state index is 11.0. The maximum absolute atomic E-state index is 11.0. The summed E-state index contributed by atoms with van der Waals surface area (Å²) in [6, 6.07) is 0. The minimum absolute atomic E-state index is 0.00694. The van der Waals surface area contributed by atoms with E-state index >= 15 is 0 Å². The number of aromatic nitrogens is 3. The van der Waals surface area contributed by atoms with E-state index in [0.29, 0.717) is 0 Å². The third-order valence-electron chi connectivity index (χ3n) is 1.33. The van der Waals surface area contributed by atoms with Gasteiger partial charge in [-0.3, -0.25) is 9.97 Å². The van der Waals surface area contributed by atoms with Gasteiger partial charge in [0.2, 0.25) is 0 Å². The number of nitrogens with one attached hydrogen (secondary N) is 2. The molecule has 1 aromatic rings. The van der Waals surface area contributed by atoms with Crippen molar-refractivity contribution in [3.05, 3.63) is 43.6 Å². The molecule has 0 aromatic carbocycles. The van der Waals surface area contributed by atoms with Crippen LogP contribution in [0.15, 0.2) is 26.5 Å². The predicted octanol–water partition coefficient (Wildman–Crippen LogP) is -2.24. The Morgan fingerprint density at radius 3 is 2.13 bits per heavy atom. The second kappa shape index (κ2) is 3.78. The van der Waals surface area contributed by atoms with Crippen LogP contribution in [-0.4, -0.2) is 20.7 Å². The van der Waals surface area contributed by atoms with Crippen molar-refractivity contribution >= 4 is 5.97 Å². The molecule has 80 valence electrons. The first-order chi connectivity index (χ1) is 6.91. The molecule has 1 heterocycles. The van der Waals surface area contributed by atoms with Crippen LogP contribution in [0.1, 0.15) is 6.92 Å². The Kier molecular flexibility index (Phi) is 2.70. The van der Waals surface area contributed by atoms with Crippen LogP contribution in [0.4, 0.5) is 0 Å². The van der Waals surface area contributed by atoms with Crippen LogP contribution < -0.4 is 21.9 Å². The number of hydrogen-bond acceptors (Lipinski definition) is 5. The van der Waals surface area contributed by atoms with Crippen molar-refractivity contribution < 1.29 is 9.63 Å². The molecule has 0 aliphatic rings. The first-order valence-electron chi connectivity index (χ1n) is 3.75. The van der Waals surface area contributed by atoms with Crippen LogP contribution in [-0.2, 0) is 4.79 Å². The van der Waals surface area contributed by atoms with Gasteiger partial charge in [0, 0.05) is 5.57 Å². The second-order valence-corrected chi connectivity index (χ2v) is 2.64. The van der Waals surface area contributed by atoms with Crippen molar-refractivity contribution in [3.63, 3.8) is 0 Å². The molecule has 8 heteroatoms. The molecule has 0 bridgehead atoms. The molecule has 0 spiro atoms. The predicted molar refractivity (Wildman–Crippen MR) is 48.3 cm³/mol. The quantitative estimate of drug-likeness (QED) is 0.539. The highest BCUT2D eigenvalue weighted by Gasteiger charge is 2.10. The minimum atomic E-state index is -1.14. The van der Waals surface area contributed by atoms with Crippen LogP contribution in [0.25, 0.3) is 0 Å². The molecule has 1 rings (SSSR count). The molecular formula is C7H7N3O5. The lowest BCUT2D eigenvalue weighted by Gasteiger charge is -2.02. The first-order valence-corrected chi connectivity index (χ1v) is 3.75. The molecule has 8 nitrogen and oxygen atoms in total. The standard InChI is InChI=1S/C7H7N3O5/c1-3(2)4(11)15-10-6(13)8-5(12)9-7(10)14/h1H2,2H3,(H2,8,9,12,13,14). The van der Waals surface area contributed by atoms with Crippen molar-refractivity contribution in [2.24, 2.45) is 0 Å². The molecule has 0 saturated heterocycles. The molecular weight excluding hydrogens is 206 g/mol. The molecule has 2 N–H and O–H groups in total. The zero-order valence-corrected chi connectivity index (χ0v) is 7.70. The lowest BCUT2D eigenvalue weighted by Crippen LogP contribution is -2.47. The Bertz CT molecular complexity index is 541. The van der Waals surface area contributed by atoms with Gasteiger partial charge in [-0.2, -0.15) is 0 Å². The Balaban J connectivity index is 3.23. The van der Waals surface area contributed by atoms with Gasteiger partial charge in [-0.25, -0.2) is 19.2 Å². The van der Waals surface area contributed by atoms with Gasteiger partial charge in [0.15, 0.2) is 0 Å². The van der Waals surface area contributed by atoms with Gasteiger partial charge in [-0.05, 0) is 6.92 Å². The lowest BCUT2D eigenvalue weighted by molar-refractivity contribution is -0.140. The Labute approximate surface area is 81.8 Å². The van der Waals surface area contributed by atoms with E-state index in [2.05, 4.69) is 11.4 Å². The summed E-state index contributed by atoms with van der Waals surface area (Å²) in [5, 5.41) is 0. The zero-order valence-electron chi connectivity index (χ0n) is 7.70. The number of carbonyl (C=O) groups is 1. The number of aromatic amines is 2. The Hall–Kier alpha value is -2.38.